The maximum absolute atomic E-state index is 13.3. The summed E-state index contributed by atoms with van der Waals surface area (Å²) in [6.07, 6.45) is 3.17. The Morgan fingerprint density at radius 2 is 1.97 bits per heavy atom. The van der Waals surface area contributed by atoms with Crippen LogP contribution in [0.1, 0.15) is 40.6 Å². The Balaban J connectivity index is 1.57. The molecule has 2 heterocycles. The third-order valence-corrected chi connectivity index (χ3v) is 9.95. The summed E-state index contributed by atoms with van der Waals surface area (Å²) < 4.78 is 69.6. The Bertz CT molecular complexity index is 1330. The van der Waals surface area contributed by atoms with E-state index in [0.717, 1.165) is 25.7 Å². The molecule has 1 aromatic heterocycles. The average Bonchev–Trinajstić information content (AvgIpc) is 3.08. The third-order valence-electron chi connectivity index (χ3n) is 5.77. The second-order valence-corrected chi connectivity index (χ2v) is 11.6. The Kier molecular flexibility index (Phi) is 6.50. The van der Waals surface area contributed by atoms with Crippen LogP contribution in [0.4, 0.5) is 13.2 Å². The van der Waals surface area contributed by atoms with Gasteiger partial charge >= 0.3 is 180 Å². The van der Waals surface area contributed by atoms with E-state index in [1.807, 2.05) is 0 Å². The summed E-state index contributed by atoms with van der Waals surface area (Å²) in [5.74, 6) is 1.32. The summed E-state index contributed by atoms with van der Waals surface area (Å²) in [6, 6.07) is 2.69. The van der Waals surface area contributed by atoms with Crippen molar-refractivity contribution in [1.29, 1.82) is 5.26 Å². The third kappa shape index (κ3) is 4.38. The van der Waals surface area contributed by atoms with Crippen LogP contribution in [-0.2, 0) is 20.9 Å². The van der Waals surface area contributed by atoms with Gasteiger partial charge in [0.25, 0.3) is 0 Å². The van der Waals surface area contributed by atoms with Gasteiger partial charge in [-0.1, -0.05) is 0 Å². The zero-order valence-corrected chi connectivity index (χ0v) is 19.3. The molecule has 1 aliphatic carbocycles. The molecule has 1 unspecified atom stereocenters. The number of rotatable bonds is 3. The van der Waals surface area contributed by atoms with Crippen LogP contribution in [0.3, 0.4) is 0 Å². The van der Waals surface area contributed by atoms with E-state index >= 15 is 0 Å². The van der Waals surface area contributed by atoms with Gasteiger partial charge in [0, 0.05) is 0 Å². The zero-order valence-electron chi connectivity index (χ0n) is 16.9. The first-order chi connectivity index (χ1) is 15.7. The summed E-state index contributed by atoms with van der Waals surface area (Å²) in [6.45, 7) is 0. The van der Waals surface area contributed by atoms with Gasteiger partial charge in [-0.25, -0.2) is 13.2 Å². The van der Waals surface area contributed by atoms with E-state index in [-0.39, 0.29) is 17.7 Å². The van der Waals surface area contributed by atoms with Crippen LogP contribution in [0.2, 0.25) is 5.02 Å². The topological polar surface area (TPSA) is 79.2 Å². The molecule has 170 valence electrons. The van der Waals surface area contributed by atoms with Crippen molar-refractivity contribution >= 4 is 45.5 Å². The minimum atomic E-state index is -3.55. The Morgan fingerprint density at radius 3 is 2.58 bits per heavy atom. The summed E-state index contributed by atoms with van der Waals surface area (Å²) in [5, 5.41) is 12.2. The second kappa shape index (κ2) is 9.05. The van der Waals surface area contributed by atoms with E-state index in [9.17, 15) is 21.6 Å². The predicted octanol–water partition coefficient (Wildman–Crippen LogP) is 3.64. The fourth-order valence-electron chi connectivity index (χ4n) is 3.98. The van der Waals surface area contributed by atoms with Crippen molar-refractivity contribution in [2.24, 2.45) is 0 Å². The molecule has 0 radical (unpaired) electrons. The summed E-state index contributed by atoms with van der Waals surface area (Å²) >= 11 is 7.55. The van der Waals surface area contributed by atoms with Crippen molar-refractivity contribution in [3.8, 4) is 18.1 Å². The first-order valence-corrected chi connectivity index (χ1v) is 12.7. The number of sulfone groups is 1. The van der Waals surface area contributed by atoms with Crippen molar-refractivity contribution in [2.45, 2.75) is 36.5 Å². The molecule has 5 nitrogen and oxygen atoms in total. The van der Waals surface area contributed by atoms with Crippen molar-refractivity contribution in [1.82, 2.24) is 5.32 Å². The van der Waals surface area contributed by atoms with E-state index < -0.39 is 38.1 Å². The zero-order chi connectivity index (χ0) is 23.8. The fourth-order valence-corrected chi connectivity index (χ4v) is 7.84. The predicted molar refractivity (Wildman–Crippen MR) is 120 cm³/mol. The Morgan fingerprint density at radius 1 is 1.27 bits per heavy atom. The maximum atomic E-state index is 13.3. The van der Waals surface area contributed by atoms with Gasteiger partial charge in [0.15, 0.2) is 5.82 Å². The molecular weight excluding hydrogens is 496 g/mol. The van der Waals surface area contributed by atoms with Crippen LogP contribution in [0.5, 0.6) is 0 Å². The molecule has 2 aromatic rings. The number of thiophene rings is 1. The van der Waals surface area contributed by atoms with E-state index in [2.05, 4.69) is 17.2 Å². The molecular formula is C21H15BClF3N2O3S2. The molecule has 0 amide bonds. The number of halogens is 4. The molecule has 0 bridgehead atoms. The van der Waals surface area contributed by atoms with Gasteiger partial charge in [-0.05, 0) is 0 Å². The van der Waals surface area contributed by atoms with Gasteiger partial charge in [0.1, 0.15) is 0 Å². The molecule has 33 heavy (non-hydrogen) atoms. The van der Waals surface area contributed by atoms with Gasteiger partial charge in [0.05, 0.1) is 0 Å². The van der Waals surface area contributed by atoms with Gasteiger partial charge in [-0.2, -0.15) is 0 Å². The SMILES string of the molecule is N#COB=C1NC(c2sc(C#CCc3cc(F)c(F)c(F)c3)cc2Cl)CS(=O)(=O)C12CCC2. The summed E-state index contributed by atoms with van der Waals surface area (Å²) in [5.41, 5.74) is 0.517. The normalized spacial score (nSPS) is 21.2. The van der Waals surface area contributed by atoms with Crippen molar-refractivity contribution in [2.75, 3.05) is 5.75 Å². The molecule has 1 N–H and O–H groups in total. The van der Waals surface area contributed by atoms with Crippen molar-refractivity contribution < 1.29 is 26.2 Å². The van der Waals surface area contributed by atoms with E-state index in [4.69, 9.17) is 21.5 Å². The van der Waals surface area contributed by atoms with E-state index in [1.54, 1.807) is 6.07 Å². The average molecular weight is 511 g/mol. The molecule has 1 aliphatic heterocycles. The van der Waals surface area contributed by atoms with Crippen molar-refractivity contribution in [3.05, 3.63) is 56.0 Å². The first-order valence-electron chi connectivity index (χ1n) is 9.82. The molecule has 4 rings (SSSR count). The fraction of sp³-hybridized carbons (Fsp3) is 0.333. The van der Waals surface area contributed by atoms with Gasteiger partial charge in [-0.15, -0.1) is 0 Å². The van der Waals surface area contributed by atoms with E-state index in [0.29, 0.717) is 33.2 Å². The summed E-state index contributed by atoms with van der Waals surface area (Å²) in [4.78, 5) is 1.08. The number of hydrogen-bond acceptors (Lipinski definition) is 6. The molecule has 1 spiro atoms. The Labute approximate surface area is 198 Å². The monoisotopic (exact) mass is 510 g/mol. The summed E-state index contributed by atoms with van der Waals surface area (Å²) in [7, 11) is -2.40. The van der Waals surface area contributed by atoms with Crippen LogP contribution < -0.4 is 5.32 Å². The molecule has 1 saturated heterocycles. The van der Waals surface area contributed by atoms with E-state index in [1.165, 1.54) is 17.6 Å². The number of nitriles is 1. The standard InChI is InChI=1S/C21H15BClF3N2O3S2/c23-14-9-13(4-1-3-12-7-15(24)18(26)16(25)8-12)32-19(14)17-10-33(29,30)21(5-2-6-21)20(28-17)22-31-11-27/h7-9,17,28H,2-3,5-6,10H2. The van der Waals surface area contributed by atoms with Crippen LogP contribution in [0, 0.1) is 40.8 Å². The molecule has 1 atom stereocenters. The minimum absolute atomic E-state index is 0.0179. The van der Waals surface area contributed by atoms with Gasteiger partial charge in [-0.3, -0.25) is 0 Å². The molecule has 12 heteroatoms. The molecule has 1 aromatic carbocycles. The Hall–Kier alpha value is -2.47. The first kappa shape index (κ1) is 23.7. The number of hydrogen-bond donors (Lipinski definition) is 1. The van der Waals surface area contributed by atoms with Crippen LogP contribution in [-0.4, -0.2) is 31.6 Å². The number of nitrogens with zero attached hydrogens (tertiary/aromatic N) is 1. The molecule has 2 fully saturated rings. The van der Waals surface area contributed by atoms with Crippen LogP contribution in [0.15, 0.2) is 18.2 Å². The quantitative estimate of drug-likeness (QED) is 0.295. The van der Waals surface area contributed by atoms with Gasteiger partial charge < -0.3 is 0 Å². The molecule has 2 aliphatic rings. The van der Waals surface area contributed by atoms with Crippen molar-refractivity contribution in [3.63, 3.8) is 0 Å². The molecule has 1 saturated carbocycles. The number of nitrogens with one attached hydrogen (secondary N) is 1. The van der Waals surface area contributed by atoms with Crippen LogP contribution in [0.25, 0.3) is 0 Å². The van der Waals surface area contributed by atoms with Gasteiger partial charge in [0.2, 0.25) is 0 Å². The number of benzene rings is 1. The van der Waals surface area contributed by atoms with Crippen LogP contribution >= 0.6 is 22.9 Å². The second-order valence-electron chi connectivity index (χ2n) is 7.74.